The molecule has 1 amide bonds. The smallest absolute Gasteiger partial charge is 0.262 e. The van der Waals surface area contributed by atoms with Crippen LogP contribution < -0.4 is 15.0 Å². The number of carbonyl (C=O) groups excluding carboxylic acids is 1. The van der Waals surface area contributed by atoms with Crippen molar-refractivity contribution in [2.45, 2.75) is 45.4 Å². The summed E-state index contributed by atoms with van der Waals surface area (Å²) in [5.41, 5.74) is 3.01. The number of halogens is 1. The average molecular weight is 401 g/mol. The van der Waals surface area contributed by atoms with Gasteiger partial charge in [0.25, 0.3) is 5.91 Å². The van der Waals surface area contributed by atoms with E-state index in [1.807, 2.05) is 30.3 Å². The van der Waals surface area contributed by atoms with Gasteiger partial charge in [0, 0.05) is 18.8 Å². The number of nitrogens with zero attached hydrogens (tertiary/aromatic N) is 1. The van der Waals surface area contributed by atoms with Crippen molar-refractivity contribution in [2.75, 3.05) is 29.9 Å². The predicted octanol–water partition coefficient (Wildman–Crippen LogP) is 5.86. The van der Waals surface area contributed by atoms with Gasteiger partial charge in [0.15, 0.2) is 6.61 Å². The summed E-state index contributed by atoms with van der Waals surface area (Å²) in [6.07, 6.45) is 4.78. The van der Waals surface area contributed by atoms with Crippen molar-refractivity contribution in [1.82, 2.24) is 0 Å². The molecule has 0 radical (unpaired) electrons. The quantitative estimate of drug-likeness (QED) is 0.632. The molecular formula is C23H29ClN2O2. The van der Waals surface area contributed by atoms with E-state index in [1.54, 1.807) is 0 Å². The van der Waals surface area contributed by atoms with Crippen molar-refractivity contribution in [3.05, 3.63) is 53.1 Å². The van der Waals surface area contributed by atoms with Gasteiger partial charge >= 0.3 is 0 Å². The van der Waals surface area contributed by atoms with Crippen molar-refractivity contribution < 1.29 is 9.53 Å². The van der Waals surface area contributed by atoms with E-state index >= 15 is 0 Å². The third-order valence-electron chi connectivity index (χ3n) is 5.36. The third-order valence-corrected chi connectivity index (χ3v) is 5.66. The highest BCUT2D eigenvalue weighted by molar-refractivity contribution is 6.33. The van der Waals surface area contributed by atoms with Crippen LogP contribution in [-0.4, -0.2) is 25.6 Å². The maximum atomic E-state index is 12.2. The van der Waals surface area contributed by atoms with E-state index in [4.69, 9.17) is 16.3 Å². The van der Waals surface area contributed by atoms with Crippen LogP contribution in [0.3, 0.4) is 0 Å². The molecule has 5 heteroatoms. The van der Waals surface area contributed by atoms with E-state index < -0.39 is 0 Å². The number of benzene rings is 2. The average Bonchev–Trinajstić information content (AvgIpc) is 2.73. The fraction of sp³-hybridized carbons (Fsp3) is 0.435. The van der Waals surface area contributed by atoms with Gasteiger partial charge in [-0.15, -0.1) is 0 Å². The molecule has 0 aliphatic carbocycles. The number of hydrogen-bond acceptors (Lipinski definition) is 3. The lowest BCUT2D eigenvalue weighted by atomic mass is 9.99. The molecular weight excluding hydrogens is 372 g/mol. The fourth-order valence-electron chi connectivity index (χ4n) is 3.45. The molecule has 1 heterocycles. The number of anilines is 2. The van der Waals surface area contributed by atoms with Crippen molar-refractivity contribution in [2.24, 2.45) is 0 Å². The Bertz CT molecular complexity index is 786. The summed E-state index contributed by atoms with van der Waals surface area (Å²) < 4.78 is 5.60. The lowest BCUT2D eigenvalue weighted by molar-refractivity contribution is -0.118. The van der Waals surface area contributed by atoms with Crippen LogP contribution in [0.5, 0.6) is 5.75 Å². The Balaban J connectivity index is 1.52. The van der Waals surface area contributed by atoms with E-state index in [1.165, 1.54) is 24.8 Å². The zero-order chi connectivity index (χ0) is 19.9. The Labute approximate surface area is 172 Å². The maximum absolute atomic E-state index is 12.2. The van der Waals surface area contributed by atoms with Crippen LogP contribution in [0.4, 0.5) is 11.4 Å². The van der Waals surface area contributed by atoms with Crippen molar-refractivity contribution in [1.29, 1.82) is 0 Å². The number of rotatable bonds is 7. The van der Waals surface area contributed by atoms with Crippen LogP contribution in [0.1, 0.15) is 51.0 Å². The standard InChI is InChI=1S/C23H29ClN2O2/c1-3-17(2)18-7-10-20(11-8-18)28-16-23(27)25-19-9-12-22(21(24)15-19)26-13-5-4-6-14-26/h7-12,15,17H,3-6,13-14,16H2,1-2H3,(H,25,27). The topological polar surface area (TPSA) is 41.6 Å². The van der Waals surface area contributed by atoms with E-state index in [0.29, 0.717) is 22.4 Å². The van der Waals surface area contributed by atoms with E-state index in [9.17, 15) is 4.79 Å². The number of amides is 1. The van der Waals surface area contributed by atoms with Gasteiger partial charge in [-0.05, 0) is 67.5 Å². The molecule has 1 aliphatic heterocycles. The third kappa shape index (κ3) is 5.41. The van der Waals surface area contributed by atoms with Crippen molar-refractivity contribution in [3.8, 4) is 5.75 Å². The highest BCUT2D eigenvalue weighted by Gasteiger charge is 2.14. The molecule has 1 aliphatic rings. The lowest BCUT2D eigenvalue weighted by Gasteiger charge is -2.29. The molecule has 0 spiro atoms. The number of hydrogen-bond donors (Lipinski definition) is 1. The monoisotopic (exact) mass is 400 g/mol. The Kier molecular flexibility index (Phi) is 7.21. The largest absolute Gasteiger partial charge is 0.484 e. The molecule has 0 aromatic heterocycles. The van der Waals surface area contributed by atoms with Gasteiger partial charge < -0.3 is 15.0 Å². The Hall–Kier alpha value is -2.20. The van der Waals surface area contributed by atoms with Crippen LogP contribution in [0.15, 0.2) is 42.5 Å². The summed E-state index contributed by atoms with van der Waals surface area (Å²) in [6, 6.07) is 13.6. The van der Waals surface area contributed by atoms with Gasteiger partial charge in [-0.3, -0.25) is 4.79 Å². The van der Waals surface area contributed by atoms with Gasteiger partial charge in [-0.25, -0.2) is 0 Å². The Morgan fingerprint density at radius 2 is 1.86 bits per heavy atom. The molecule has 1 fully saturated rings. The molecule has 1 N–H and O–H groups in total. The Morgan fingerprint density at radius 3 is 2.50 bits per heavy atom. The highest BCUT2D eigenvalue weighted by Crippen LogP contribution is 2.30. The summed E-state index contributed by atoms with van der Waals surface area (Å²) >= 11 is 6.45. The zero-order valence-electron chi connectivity index (χ0n) is 16.7. The normalized spacial score (nSPS) is 15.2. The molecule has 2 aromatic rings. The molecule has 0 bridgehead atoms. The summed E-state index contributed by atoms with van der Waals surface area (Å²) in [7, 11) is 0. The first-order valence-electron chi connectivity index (χ1n) is 10.1. The van der Waals surface area contributed by atoms with E-state index in [0.717, 1.165) is 25.2 Å². The maximum Gasteiger partial charge on any atom is 0.262 e. The predicted molar refractivity (Wildman–Crippen MR) is 117 cm³/mol. The number of ether oxygens (including phenoxy) is 1. The van der Waals surface area contributed by atoms with Gasteiger partial charge in [-0.1, -0.05) is 37.6 Å². The second kappa shape index (κ2) is 9.83. The molecule has 1 saturated heterocycles. The molecule has 0 saturated carbocycles. The fourth-order valence-corrected chi connectivity index (χ4v) is 3.75. The molecule has 2 aromatic carbocycles. The van der Waals surface area contributed by atoms with E-state index in [-0.39, 0.29) is 12.5 Å². The highest BCUT2D eigenvalue weighted by atomic mass is 35.5. The lowest BCUT2D eigenvalue weighted by Crippen LogP contribution is -2.29. The molecule has 1 unspecified atom stereocenters. The van der Waals surface area contributed by atoms with Gasteiger partial charge in [0.2, 0.25) is 0 Å². The first kappa shape index (κ1) is 20.5. The number of carbonyl (C=O) groups is 1. The van der Waals surface area contributed by atoms with Crippen LogP contribution in [-0.2, 0) is 4.79 Å². The minimum Gasteiger partial charge on any atom is -0.484 e. The van der Waals surface area contributed by atoms with Crippen LogP contribution in [0, 0.1) is 0 Å². The van der Waals surface area contributed by atoms with Crippen LogP contribution in [0.2, 0.25) is 5.02 Å². The minimum atomic E-state index is -0.201. The Morgan fingerprint density at radius 1 is 1.14 bits per heavy atom. The second-order valence-electron chi connectivity index (χ2n) is 7.43. The van der Waals surface area contributed by atoms with Gasteiger partial charge in [0.05, 0.1) is 10.7 Å². The van der Waals surface area contributed by atoms with Crippen LogP contribution in [0.25, 0.3) is 0 Å². The first-order chi connectivity index (χ1) is 13.6. The molecule has 28 heavy (non-hydrogen) atoms. The van der Waals surface area contributed by atoms with Crippen molar-refractivity contribution in [3.63, 3.8) is 0 Å². The van der Waals surface area contributed by atoms with Crippen LogP contribution >= 0.6 is 11.6 Å². The number of nitrogens with one attached hydrogen (secondary N) is 1. The van der Waals surface area contributed by atoms with Gasteiger partial charge in [0.1, 0.15) is 5.75 Å². The van der Waals surface area contributed by atoms with Gasteiger partial charge in [-0.2, -0.15) is 0 Å². The molecule has 1 atom stereocenters. The summed E-state index contributed by atoms with van der Waals surface area (Å²) in [4.78, 5) is 14.5. The zero-order valence-corrected chi connectivity index (χ0v) is 17.5. The SMILES string of the molecule is CCC(C)c1ccc(OCC(=O)Nc2ccc(N3CCCCC3)c(Cl)c2)cc1. The number of piperidine rings is 1. The second-order valence-corrected chi connectivity index (χ2v) is 7.84. The minimum absolute atomic E-state index is 0.0336. The summed E-state index contributed by atoms with van der Waals surface area (Å²) in [6.45, 7) is 6.41. The van der Waals surface area contributed by atoms with E-state index in [2.05, 4.69) is 36.2 Å². The van der Waals surface area contributed by atoms with Crippen molar-refractivity contribution >= 4 is 28.9 Å². The summed E-state index contributed by atoms with van der Waals surface area (Å²) in [5.74, 6) is 1.02. The molecule has 150 valence electrons. The summed E-state index contributed by atoms with van der Waals surface area (Å²) in [5, 5.41) is 3.52. The molecule has 4 nitrogen and oxygen atoms in total. The molecule has 3 rings (SSSR count). The first-order valence-corrected chi connectivity index (χ1v) is 10.5.